The second-order valence-corrected chi connectivity index (χ2v) is 7.39. The van der Waals surface area contributed by atoms with Gasteiger partial charge in [-0.1, -0.05) is 13.8 Å². The van der Waals surface area contributed by atoms with Crippen LogP contribution in [0.4, 0.5) is 5.69 Å². The Morgan fingerprint density at radius 3 is 2.05 bits per heavy atom. The fraction of sp³-hybridized carbons (Fsp3) is 0.571. The Hall–Kier alpha value is -1.07. The summed E-state index contributed by atoms with van der Waals surface area (Å²) in [5.74, 6) is 1.48. The molecule has 1 aromatic carbocycles. The minimum absolute atomic E-state index is 0.156. The van der Waals surface area contributed by atoms with Crippen molar-refractivity contribution in [3.63, 3.8) is 0 Å². The summed E-state index contributed by atoms with van der Waals surface area (Å²) in [7, 11) is -3.60. The van der Waals surface area contributed by atoms with Crippen LogP contribution in [0.1, 0.15) is 33.1 Å². The Morgan fingerprint density at radius 1 is 1.05 bits per heavy atom. The maximum atomic E-state index is 11.2. The van der Waals surface area contributed by atoms with E-state index >= 15 is 0 Å². The molecule has 4 nitrogen and oxygen atoms in total. The number of benzene rings is 1. The highest BCUT2D eigenvalue weighted by atomic mass is 32.2. The molecule has 106 valence electrons. The van der Waals surface area contributed by atoms with E-state index in [1.54, 1.807) is 24.3 Å². The van der Waals surface area contributed by atoms with Crippen molar-refractivity contribution in [2.45, 2.75) is 44.0 Å². The molecule has 0 spiro atoms. The third-order valence-electron chi connectivity index (χ3n) is 3.73. The monoisotopic (exact) mass is 282 g/mol. The average molecular weight is 282 g/mol. The number of nitrogens with one attached hydrogen (secondary N) is 1. The van der Waals surface area contributed by atoms with Gasteiger partial charge in [-0.2, -0.15) is 0 Å². The number of hydrogen-bond acceptors (Lipinski definition) is 3. The van der Waals surface area contributed by atoms with Crippen LogP contribution < -0.4 is 10.5 Å². The highest BCUT2D eigenvalue weighted by Gasteiger charge is 2.23. The largest absolute Gasteiger partial charge is 0.382 e. The van der Waals surface area contributed by atoms with Gasteiger partial charge in [0.2, 0.25) is 10.0 Å². The fourth-order valence-electron chi connectivity index (χ4n) is 3.04. The zero-order valence-corrected chi connectivity index (χ0v) is 12.3. The molecule has 0 radical (unpaired) electrons. The van der Waals surface area contributed by atoms with Crippen LogP contribution in [0.3, 0.4) is 0 Å². The Kier molecular flexibility index (Phi) is 4.16. The summed E-state index contributed by atoms with van der Waals surface area (Å²) in [6.07, 6.45) is 3.63. The van der Waals surface area contributed by atoms with Gasteiger partial charge in [0, 0.05) is 11.7 Å². The quantitative estimate of drug-likeness (QED) is 0.895. The standard InChI is InChI=1S/C14H22N2O2S/c1-10-7-11(2)9-13(8-10)16-12-3-5-14(6-4-12)19(15,17)18/h3-6,10-11,13,16H,7-9H2,1-2H3,(H2,15,17,18). The predicted molar refractivity (Wildman–Crippen MR) is 77.4 cm³/mol. The summed E-state index contributed by atoms with van der Waals surface area (Å²) in [5, 5.41) is 8.56. The van der Waals surface area contributed by atoms with Crippen LogP contribution in [0.25, 0.3) is 0 Å². The number of rotatable bonds is 3. The van der Waals surface area contributed by atoms with E-state index in [4.69, 9.17) is 5.14 Å². The second kappa shape index (κ2) is 5.51. The number of anilines is 1. The van der Waals surface area contributed by atoms with Gasteiger partial charge in [0.05, 0.1) is 4.90 Å². The van der Waals surface area contributed by atoms with Crippen LogP contribution in [-0.4, -0.2) is 14.5 Å². The molecule has 0 saturated heterocycles. The number of sulfonamides is 1. The minimum Gasteiger partial charge on any atom is -0.382 e. The summed E-state index contributed by atoms with van der Waals surface area (Å²) in [6, 6.07) is 7.13. The molecule has 5 heteroatoms. The Morgan fingerprint density at radius 2 is 1.58 bits per heavy atom. The average Bonchev–Trinajstić information content (AvgIpc) is 2.26. The summed E-state index contributed by atoms with van der Waals surface area (Å²) in [5.41, 5.74) is 0.957. The molecule has 2 atom stereocenters. The molecule has 19 heavy (non-hydrogen) atoms. The molecule has 0 amide bonds. The van der Waals surface area contributed by atoms with E-state index in [1.807, 2.05) is 0 Å². The lowest BCUT2D eigenvalue weighted by Crippen LogP contribution is -2.30. The van der Waals surface area contributed by atoms with Crippen LogP contribution in [0.2, 0.25) is 0 Å². The first-order valence-electron chi connectivity index (χ1n) is 6.74. The van der Waals surface area contributed by atoms with Crippen molar-refractivity contribution in [2.75, 3.05) is 5.32 Å². The highest BCUT2D eigenvalue weighted by Crippen LogP contribution is 2.30. The minimum atomic E-state index is -3.60. The van der Waals surface area contributed by atoms with Crippen LogP contribution in [0.5, 0.6) is 0 Å². The summed E-state index contributed by atoms with van der Waals surface area (Å²) in [4.78, 5) is 0.156. The molecular weight excluding hydrogens is 260 g/mol. The zero-order chi connectivity index (χ0) is 14.0. The smallest absolute Gasteiger partial charge is 0.238 e. The SMILES string of the molecule is CC1CC(C)CC(Nc2ccc(S(N)(=O)=O)cc2)C1. The fourth-order valence-corrected chi connectivity index (χ4v) is 3.56. The lowest BCUT2D eigenvalue weighted by molar-refractivity contribution is 0.281. The van der Waals surface area contributed by atoms with Crippen LogP contribution in [0, 0.1) is 11.8 Å². The van der Waals surface area contributed by atoms with Gasteiger partial charge in [-0.25, -0.2) is 13.6 Å². The molecule has 1 saturated carbocycles. The van der Waals surface area contributed by atoms with E-state index in [1.165, 1.54) is 19.3 Å². The molecule has 1 aliphatic carbocycles. The van der Waals surface area contributed by atoms with E-state index in [-0.39, 0.29) is 4.90 Å². The summed E-state index contributed by atoms with van der Waals surface area (Å²) >= 11 is 0. The predicted octanol–water partition coefficient (Wildman–Crippen LogP) is 2.57. The molecule has 2 unspecified atom stereocenters. The van der Waals surface area contributed by atoms with Crippen molar-refractivity contribution < 1.29 is 8.42 Å². The van der Waals surface area contributed by atoms with Gasteiger partial charge in [-0.15, -0.1) is 0 Å². The third kappa shape index (κ3) is 3.94. The molecular formula is C14H22N2O2S. The maximum absolute atomic E-state index is 11.2. The Labute approximate surface area is 115 Å². The van der Waals surface area contributed by atoms with Crippen LogP contribution in [0.15, 0.2) is 29.2 Å². The molecule has 0 heterocycles. The van der Waals surface area contributed by atoms with E-state index in [0.29, 0.717) is 6.04 Å². The van der Waals surface area contributed by atoms with Gasteiger partial charge in [0.1, 0.15) is 0 Å². The van der Waals surface area contributed by atoms with Gasteiger partial charge in [0.15, 0.2) is 0 Å². The number of hydrogen-bond donors (Lipinski definition) is 2. The first kappa shape index (κ1) is 14.3. The molecule has 0 bridgehead atoms. The molecule has 1 fully saturated rings. The van der Waals surface area contributed by atoms with Crippen LogP contribution in [-0.2, 0) is 10.0 Å². The summed E-state index contributed by atoms with van der Waals surface area (Å²) < 4.78 is 22.4. The molecule has 0 aromatic heterocycles. The molecule has 0 aliphatic heterocycles. The third-order valence-corrected chi connectivity index (χ3v) is 4.66. The highest BCUT2D eigenvalue weighted by molar-refractivity contribution is 7.89. The molecule has 1 aromatic rings. The van der Waals surface area contributed by atoms with Crippen molar-refractivity contribution in [3.8, 4) is 0 Å². The van der Waals surface area contributed by atoms with Gasteiger partial charge in [-0.3, -0.25) is 0 Å². The maximum Gasteiger partial charge on any atom is 0.238 e. The Balaban J connectivity index is 2.03. The first-order valence-corrected chi connectivity index (χ1v) is 8.28. The van der Waals surface area contributed by atoms with Crippen molar-refractivity contribution in [3.05, 3.63) is 24.3 Å². The lowest BCUT2D eigenvalue weighted by atomic mass is 9.80. The second-order valence-electron chi connectivity index (χ2n) is 5.83. The van der Waals surface area contributed by atoms with Crippen LogP contribution >= 0.6 is 0 Å². The normalized spacial score (nSPS) is 28.1. The number of primary sulfonamides is 1. The topological polar surface area (TPSA) is 72.2 Å². The lowest BCUT2D eigenvalue weighted by Gasteiger charge is -2.32. The van der Waals surface area contributed by atoms with Crippen molar-refractivity contribution in [1.29, 1.82) is 0 Å². The zero-order valence-electron chi connectivity index (χ0n) is 11.5. The van der Waals surface area contributed by atoms with E-state index in [2.05, 4.69) is 19.2 Å². The van der Waals surface area contributed by atoms with E-state index < -0.39 is 10.0 Å². The molecule has 3 N–H and O–H groups in total. The van der Waals surface area contributed by atoms with E-state index in [0.717, 1.165) is 17.5 Å². The Bertz CT molecular complexity index is 515. The molecule has 2 rings (SSSR count). The first-order chi connectivity index (χ1) is 8.84. The van der Waals surface area contributed by atoms with Gasteiger partial charge in [0.25, 0.3) is 0 Å². The van der Waals surface area contributed by atoms with Gasteiger partial charge >= 0.3 is 0 Å². The molecule has 1 aliphatic rings. The number of nitrogens with two attached hydrogens (primary N) is 1. The summed E-state index contributed by atoms with van der Waals surface area (Å²) in [6.45, 7) is 4.57. The van der Waals surface area contributed by atoms with E-state index in [9.17, 15) is 8.42 Å². The van der Waals surface area contributed by atoms with Crippen molar-refractivity contribution in [1.82, 2.24) is 0 Å². The van der Waals surface area contributed by atoms with Crippen molar-refractivity contribution >= 4 is 15.7 Å². The van der Waals surface area contributed by atoms with Gasteiger partial charge in [-0.05, 0) is 55.4 Å². The van der Waals surface area contributed by atoms with Gasteiger partial charge < -0.3 is 5.32 Å². The van der Waals surface area contributed by atoms with Crippen molar-refractivity contribution in [2.24, 2.45) is 17.0 Å².